The van der Waals surface area contributed by atoms with Gasteiger partial charge < -0.3 is 9.88 Å². The Labute approximate surface area is 150 Å². The van der Waals surface area contributed by atoms with Crippen LogP contribution in [0.3, 0.4) is 0 Å². The number of pyridine rings is 1. The monoisotopic (exact) mass is 361 g/mol. The second kappa shape index (κ2) is 7.50. The van der Waals surface area contributed by atoms with E-state index in [-0.39, 0.29) is 0 Å². The van der Waals surface area contributed by atoms with Crippen LogP contribution in [0.1, 0.15) is 22.4 Å². The third kappa shape index (κ3) is 4.07. The van der Waals surface area contributed by atoms with Gasteiger partial charge in [-0.2, -0.15) is 13.2 Å². The van der Waals surface area contributed by atoms with Crippen molar-refractivity contribution in [3.05, 3.63) is 65.1 Å². The van der Waals surface area contributed by atoms with Crippen molar-refractivity contribution >= 4 is 10.9 Å². The number of rotatable bonds is 6. The molecular weight excluding hydrogens is 339 g/mol. The molecule has 138 valence electrons. The summed E-state index contributed by atoms with van der Waals surface area (Å²) in [5.41, 5.74) is 3.60. The molecule has 3 aromatic rings. The van der Waals surface area contributed by atoms with Gasteiger partial charge in [-0.3, -0.25) is 4.98 Å². The summed E-state index contributed by atoms with van der Waals surface area (Å²) >= 11 is 0. The molecule has 0 saturated carbocycles. The summed E-state index contributed by atoms with van der Waals surface area (Å²) in [6.07, 6.45) is 0.647. The van der Waals surface area contributed by atoms with Crippen molar-refractivity contribution in [3.8, 4) is 0 Å². The lowest BCUT2D eigenvalue weighted by molar-refractivity contribution is -0.141. The second-order valence-corrected chi connectivity index (χ2v) is 6.52. The number of hydrogen-bond acceptors (Lipinski definition) is 2. The highest BCUT2D eigenvalue weighted by Gasteiger charge is 2.31. The predicted molar refractivity (Wildman–Crippen MR) is 97.2 cm³/mol. The molecule has 26 heavy (non-hydrogen) atoms. The van der Waals surface area contributed by atoms with Gasteiger partial charge in [-0.25, -0.2) is 0 Å². The number of hydrogen-bond donors (Lipinski definition) is 1. The highest BCUT2D eigenvalue weighted by molar-refractivity contribution is 5.84. The van der Waals surface area contributed by atoms with Crippen LogP contribution in [0, 0.1) is 6.92 Å². The molecule has 1 N–H and O–H groups in total. The number of halogens is 3. The molecule has 0 bridgehead atoms. The van der Waals surface area contributed by atoms with Gasteiger partial charge in [0.05, 0.1) is 0 Å². The molecule has 0 unspecified atom stereocenters. The number of aromatic nitrogens is 2. The lowest BCUT2D eigenvalue weighted by atomic mass is 10.1. The maximum Gasteiger partial charge on any atom is 0.433 e. The lowest BCUT2D eigenvalue weighted by Gasteiger charge is -2.08. The van der Waals surface area contributed by atoms with E-state index in [0.717, 1.165) is 30.1 Å². The van der Waals surface area contributed by atoms with Crippen LogP contribution in [0.25, 0.3) is 10.9 Å². The van der Waals surface area contributed by atoms with Crippen molar-refractivity contribution in [2.24, 2.45) is 0 Å². The predicted octanol–water partition coefficient (Wildman–Crippen LogP) is 4.37. The second-order valence-electron chi connectivity index (χ2n) is 6.52. The number of likely N-dealkylation sites (N-methyl/N-ethyl adjacent to an activating group) is 1. The van der Waals surface area contributed by atoms with Crippen molar-refractivity contribution < 1.29 is 13.2 Å². The molecule has 0 atom stereocenters. The molecule has 0 amide bonds. The third-order valence-corrected chi connectivity index (χ3v) is 4.52. The minimum absolute atomic E-state index is 0.633. The van der Waals surface area contributed by atoms with Crippen LogP contribution in [0.15, 0.2) is 42.7 Å². The summed E-state index contributed by atoms with van der Waals surface area (Å²) in [6.45, 7) is 3.68. The van der Waals surface area contributed by atoms with E-state index in [1.165, 1.54) is 28.8 Å². The summed E-state index contributed by atoms with van der Waals surface area (Å²) in [4.78, 5) is 3.54. The van der Waals surface area contributed by atoms with Crippen LogP contribution in [-0.4, -0.2) is 23.1 Å². The lowest BCUT2D eigenvalue weighted by Crippen LogP contribution is -2.10. The number of aryl methyl sites for hydroxylation is 3. The topological polar surface area (TPSA) is 29.9 Å². The average molecular weight is 361 g/mol. The first kappa shape index (κ1) is 18.5. The zero-order chi connectivity index (χ0) is 18.7. The summed E-state index contributed by atoms with van der Waals surface area (Å²) in [7, 11) is 1.93. The molecule has 1 aromatic carbocycles. The van der Waals surface area contributed by atoms with Crippen LogP contribution in [-0.2, 0) is 25.6 Å². The molecule has 3 nitrogen and oxygen atoms in total. The zero-order valence-electron chi connectivity index (χ0n) is 14.9. The van der Waals surface area contributed by atoms with Crippen LogP contribution < -0.4 is 5.32 Å². The molecule has 2 heterocycles. The van der Waals surface area contributed by atoms with Gasteiger partial charge in [0.25, 0.3) is 0 Å². The number of benzene rings is 1. The van der Waals surface area contributed by atoms with E-state index in [4.69, 9.17) is 0 Å². The largest absolute Gasteiger partial charge is 0.433 e. The minimum Gasteiger partial charge on any atom is -0.347 e. The van der Waals surface area contributed by atoms with Crippen LogP contribution in [0.4, 0.5) is 13.2 Å². The Morgan fingerprint density at radius 1 is 1.12 bits per heavy atom. The van der Waals surface area contributed by atoms with Crippen molar-refractivity contribution in [1.29, 1.82) is 0 Å². The summed E-state index contributed by atoms with van der Waals surface area (Å²) in [6, 6.07) is 8.94. The van der Waals surface area contributed by atoms with Crippen LogP contribution in [0.2, 0.25) is 0 Å². The molecule has 6 heteroatoms. The summed E-state index contributed by atoms with van der Waals surface area (Å²) in [5, 5.41) is 4.41. The molecule has 3 rings (SSSR count). The Kier molecular flexibility index (Phi) is 5.32. The SMILES string of the molecule is CNCCc1cn(CCc2ccc(C(F)(F)F)nc2)c2ccc(C)cc12. The van der Waals surface area contributed by atoms with Crippen LogP contribution in [0.5, 0.6) is 0 Å². The Hall–Kier alpha value is -2.34. The normalized spacial score (nSPS) is 12.0. The third-order valence-electron chi connectivity index (χ3n) is 4.52. The van der Waals surface area contributed by atoms with E-state index in [2.05, 4.69) is 46.2 Å². The quantitative estimate of drug-likeness (QED) is 0.707. The van der Waals surface area contributed by atoms with Crippen molar-refractivity contribution in [2.45, 2.75) is 32.5 Å². The molecule has 0 aliphatic heterocycles. The smallest absolute Gasteiger partial charge is 0.347 e. The van der Waals surface area contributed by atoms with E-state index in [9.17, 15) is 13.2 Å². The number of alkyl halides is 3. The summed E-state index contributed by atoms with van der Waals surface area (Å²) in [5.74, 6) is 0. The first-order valence-electron chi connectivity index (χ1n) is 8.63. The first-order valence-corrected chi connectivity index (χ1v) is 8.63. The van der Waals surface area contributed by atoms with Crippen molar-refractivity contribution in [2.75, 3.05) is 13.6 Å². The molecule has 0 radical (unpaired) electrons. The first-order chi connectivity index (χ1) is 12.4. The number of nitrogens with zero attached hydrogens (tertiary/aromatic N) is 2. The molecular formula is C20H22F3N3. The van der Waals surface area contributed by atoms with Crippen molar-refractivity contribution in [3.63, 3.8) is 0 Å². The van der Waals surface area contributed by atoms with E-state index in [0.29, 0.717) is 13.0 Å². The van der Waals surface area contributed by atoms with Gasteiger partial charge in [0.2, 0.25) is 0 Å². The minimum atomic E-state index is -4.39. The molecule has 0 saturated heterocycles. The maximum absolute atomic E-state index is 12.6. The molecule has 2 aromatic heterocycles. The van der Waals surface area contributed by atoms with Gasteiger partial charge in [0.15, 0.2) is 0 Å². The van der Waals surface area contributed by atoms with E-state index in [1.807, 2.05) is 7.05 Å². The molecule has 0 fully saturated rings. The van der Waals surface area contributed by atoms with Crippen LogP contribution >= 0.6 is 0 Å². The highest BCUT2D eigenvalue weighted by Crippen LogP contribution is 2.27. The average Bonchev–Trinajstić information content (AvgIpc) is 2.94. The molecule has 0 aliphatic rings. The van der Waals surface area contributed by atoms with E-state index >= 15 is 0 Å². The maximum atomic E-state index is 12.6. The van der Waals surface area contributed by atoms with Crippen molar-refractivity contribution in [1.82, 2.24) is 14.9 Å². The molecule has 0 spiro atoms. The number of nitrogens with one attached hydrogen (secondary N) is 1. The Morgan fingerprint density at radius 3 is 2.58 bits per heavy atom. The highest BCUT2D eigenvalue weighted by atomic mass is 19.4. The fourth-order valence-electron chi connectivity index (χ4n) is 3.12. The van der Waals surface area contributed by atoms with Gasteiger partial charge in [-0.15, -0.1) is 0 Å². The van der Waals surface area contributed by atoms with Gasteiger partial charge in [0.1, 0.15) is 5.69 Å². The van der Waals surface area contributed by atoms with Gasteiger partial charge in [-0.1, -0.05) is 17.7 Å². The van der Waals surface area contributed by atoms with Gasteiger partial charge in [-0.05, 0) is 62.7 Å². The zero-order valence-corrected chi connectivity index (χ0v) is 14.9. The fourth-order valence-corrected chi connectivity index (χ4v) is 3.12. The standard InChI is InChI=1S/C20H22F3N3/c1-14-3-5-18-17(11-14)16(7-9-24-2)13-26(18)10-8-15-4-6-19(25-12-15)20(21,22)23/h3-6,11-13,24H,7-10H2,1-2H3. The number of fused-ring (bicyclic) bond motifs is 1. The Balaban J connectivity index is 1.80. The molecule has 0 aliphatic carbocycles. The fraction of sp³-hybridized carbons (Fsp3) is 0.350. The van der Waals surface area contributed by atoms with E-state index in [1.54, 1.807) is 0 Å². The van der Waals surface area contributed by atoms with Gasteiger partial charge >= 0.3 is 6.18 Å². The van der Waals surface area contributed by atoms with E-state index < -0.39 is 11.9 Å². The van der Waals surface area contributed by atoms with Gasteiger partial charge in [0, 0.05) is 29.8 Å². The Morgan fingerprint density at radius 2 is 1.92 bits per heavy atom. The Bertz CT molecular complexity index is 880. The summed E-state index contributed by atoms with van der Waals surface area (Å²) < 4.78 is 40.0.